The predicted octanol–water partition coefficient (Wildman–Crippen LogP) is 2.57. The van der Waals surface area contributed by atoms with E-state index < -0.39 is 0 Å². The summed E-state index contributed by atoms with van der Waals surface area (Å²) in [6.45, 7) is 2.94. The van der Waals surface area contributed by atoms with Gasteiger partial charge in [0, 0.05) is 25.2 Å². The number of ether oxygens (including phenoxy) is 1. The highest BCUT2D eigenvalue weighted by Crippen LogP contribution is 2.30. The van der Waals surface area contributed by atoms with Crippen LogP contribution in [0.4, 0.5) is 11.4 Å². The lowest BCUT2D eigenvalue weighted by molar-refractivity contribution is -0.118. The van der Waals surface area contributed by atoms with Gasteiger partial charge in [-0.15, -0.1) is 0 Å². The number of carbonyl (C=O) groups is 2. The Balaban J connectivity index is 1.48. The van der Waals surface area contributed by atoms with Gasteiger partial charge in [-0.25, -0.2) is 4.79 Å². The van der Waals surface area contributed by atoms with Gasteiger partial charge >= 0.3 is 5.69 Å². The third-order valence-corrected chi connectivity index (χ3v) is 4.83. The van der Waals surface area contributed by atoms with Gasteiger partial charge in [0.05, 0.1) is 16.7 Å². The van der Waals surface area contributed by atoms with Crippen LogP contribution in [0.2, 0.25) is 0 Å². The molecular formula is C21H22N4O4. The molecule has 2 aromatic carbocycles. The lowest BCUT2D eigenvalue weighted by Gasteiger charge is -2.18. The minimum Gasteiger partial charge on any atom is -0.482 e. The third kappa shape index (κ3) is 3.73. The molecule has 0 bridgehead atoms. The van der Waals surface area contributed by atoms with Crippen molar-refractivity contribution in [3.63, 3.8) is 0 Å². The molecule has 150 valence electrons. The maximum Gasteiger partial charge on any atom is 0.329 e. The summed E-state index contributed by atoms with van der Waals surface area (Å²) in [4.78, 5) is 36.7. The van der Waals surface area contributed by atoms with Gasteiger partial charge < -0.3 is 15.4 Å². The molecule has 1 aromatic heterocycles. The van der Waals surface area contributed by atoms with Gasteiger partial charge in [0.2, 0.25) is 5.91 Å². The number of fused-ring (bicyclic) bond motifs is 2. The zero-order valence-corrected chi connectivity index (χ0v) is 16.1. The fourth-order valence-corrected chi connectivity index (χ4v) is 3.53. The molecule has 0 saturated carbocycles. The van der Waals surface area contributed by atoms with Crippen molar-refractivity contribution in [2.24, 2.45) is 0 Å². The van der Waals surface area contributed by atoms with E-state index in [1.165, 1.54) is 0 Å². The number of aromatic nitrogens is 2. The number of hydrogen-bond donors (Lipinski definition) is 2. The molecule has 8 nitrogen and oxygen atoms in total. The van der Waals surface area contributed by atoms with Crippen molar-refractivity contribution in [3.05, 3.63) is 52.9 Å². The van der Waals surface area contributed by atoms with E-state index in [1.807, 2.05) is 31.2 Å². The van der Waals surface area contributed by atoms with Gasteiger partial charge in [-0.05, 0) is 36.8 Å². The fourth-order valence-electron chi connectivity index (χ4n) is 3.53. The molecule has 4 rings (SSSR count). The first kappa shape index (κ1) is 18.8. The molecule has 0 spiro atoms. The third-order valence-electron chi connectivity index (χ3n) is 4.83. The van der Waals surface area contributed by atoms with Crippen LogP contribution in [0, 0.1) is 0 Å². The summed E-state index contributed by atoms with van der Waals surface area (Å²) in [5, 5.41) is 5.52. The van der Waals surface area contributed by atoms with Gasteiger partial charge in [0.25, 0.3) is 5.91 Å². The van der Waals surface area contributed by atoms with E-state index in [-0.39, 0.29) is 37.1 Å². The van der Waals surface area contributed by atoms with Crippen molar-refractivity contribution in [2.75, 3.05) is 17.2 Å². The topological polar surface area (TPSA) is 94.4 Å². The summed E-state index contributed by atoms with van der Waals surface area (Å²) in [6, 6.07) is 12.7. The van der Waals surface area contributed by atoms with E-state index in [1.54, 1.807) is 27.3 Å². The Bertz CT molecular complexity index is 1150. The van der Waals surface area contributed by atoms with Crippen LogP contribution in [-0.2, 0) is 22.7 Å². The highest BCUT2D eigenvalue weighted by molar-refractivity contribution is 5.97. The number of benzene rings is 2. The van der Waals surface area contributed by atoms with Gasteiger partial charge in [-0.1, -0.05) is 19.1 Å². The number of hydrogen-bond acceptors (Lipinski definition) is 4. The summed E-state index contributed by atoms with van der Waals surface area (Å²) < 4.78 is 8.71. The quantitative estimate of drug-likeness (QED) is 0.672. The van der Waals surface area contributed by atoms with Crippen LogP contribution in [0.5, 0.6) is 5.75 Å². The Hall–Kier alpha value is -3.55. The second kappa shape index (κ2) is 7.83. The molecule has 8 heteroatoms. The monoisotopic (exact) mass is 394 g/mol. The summed E-state index contributed by atoms with van der Waals surface area (Å²) in [6.07, 6.45) is 1.01. The standard InChI is InChI=1S/C21H22N4O4/c1-2-10-24-16-5-3-4-6-17(16)25(21(24)28)11-9-19(26)22-14-7-8-18-15(12-14)23-20(27)13-29-18/h3-8,12H,2,9-11,13H2,1H3,(H,22,26)(H,23,27). The van der Waals surface area contributed by atoms with E-state index in [9.17, 15) is 14.4 Å². The predicted molar refractivity (Wildman–Crippen MR) is 110 cm³/mol. The van der Waals surface area contributed by atoms with Gasteiger partial charge in [-0.2, -0.15) is 0 Å². The summed E-state index contributed by atoms with van der Waals surface area (Å²) in [5.41, 5.74) is 2.69. The number of para-hydroxylation sites is 2. The van der Waals surface area contributed by atoms with Crippen molar-refractivity contribution >= 4 is 34.2 Å². The highest BCUT2D eigenvalue weighted by atomic mass is 16.5. The molecule has 2 amide bonds. The number of rotatable bonds is 6. The molecule has 0 radical (unpaired) electrons. The van der Waals surface area contributed by atoms with E-state index in [0.717, 1.165) is 17.5 Å². The molecule has 2 heterocycles. The zero-order chi connectivity index (χ0) is 20.4. The summed E-state index contributed by atoms with van der Waals surface area (Å²) in [7, 11) is 0. The second-order valence-electron chi connectivity index (χ2n) is 6.92. The molecule has 0 atom stereocenters. The van der Waals surface area contributed by atoms with E-state index in [0.29, 0.717) is 23.7 Å². The van der Waals surface area contributed by atoms with Crippen LogP contribution in [0.15, 0.2) is 47.3 Å². The molecule has 0 unspecified atom stereocenters. The zero-order valence-electron chi connectivity index (χ0n) is 16.1. The maximum absolute atomic E-state index is 12.8. The Kier molecular flexibility index (Phi) is 5.07. The van der Waals surface area contributed by atoms with Crippen molar-refractivity contribution in [3.8, 4) is 5.75 Å². The average Bonchev–Trinajstić information content (AvgIpc) is 2.98. The van der Waals surface area contributed by atoms with Crippen molar-refractivity contribution in [1.29, 1.82) is 0 Å². The van der Waals surface area contributed by atoms with Crippen LogP contribution < -0.4 is 21.1 Å². The molecule has 0 fully saturated rings. The average molecular weight is 394 g/mol. The number of nitrogens with zero attached hydrogens (tertiary/aromatic N) is 2. The summed E-state index contributed by atoms with van der Waals surface area (Å²) in [5.74, 6) is 0.119. The van der Waals surface area contributed by atoms with Crippen molar-refractivity contribution in [1.82, 2.24) is 9.13 Å². The van der Waals surface area contributed by atoms with Gasteiger partial charge in [-0.3, -0.25) is 18.7 Å². The van der Waals surface area contributed by atoms with E-state index in [4.69, 9.17) is 4.74 Å². The molecule has 0 saturated heterocycles. The molecule has 1 aliphatic rings. The highest BCUT2D eigenvalue weighted by Gasteiger charge is 2.17. The first-order chi connectivity index (χ1) is 14.1. The minimum absolute atomic E-state index is 0.0148. The van der Waals surface area contributed by atoms with E-state index in [2.05, 4.69) is 10.6 Å². The lowest BCUT2D eigenvalue weighted by Crippen LogP contribution is -2.26. The van der Waals surface area contributed by atoms with Crippen LogP contribution in [0.1, 0.15) is 19.8 Å². The van der Waals surface area contributed by atoms with Crippen LogP contribution in [0.25, 0.3) is 11.0 Å². The van der Waals surface area contributed by atoms with Crippen molar-refractivity contribution < 1.29 is 14.3 Å². The number of nitrogens with one attached hydrogen (secondary N) is 2. The van der Waals surface area contributed by atoms with Crippen LogP contribution in [0.3, 0.4) is 0 Å². The van der Waals surface area contributed by atoms with Gasteiger partial charge in [0.1, 0.15) is 5.75 Å². The Morgan fingerprint density at radius 2 is 1.83 bits per heavy atom. The van der Waals surface area contributed by atoms with Crippen molar-refractivity contribution in [2.45, 2.75) is 32.9 Å². The molecular weight excluding hydrogens is 372 g/mol. The molecule has 0 aliphatic carbocycles. The largest absolute Gasteiger partial charge is 0.482 e. The molecule has 29 heavy (non-hydrogen) atoms. The van der Waals surface area contributed by atoms with Crippen LogP contribution >= 0.6 is 0 Å². The molecule has 2 N–H and O–H groups in total. The first-order valence-electron chi connectivity index (χ1n) is 9.61. The number of amides is 2. The molecule has 3 aromatic rings. The number of anilines is 2. The smallest absolute Gasteiger partial charge is 0.329 e. The lowest BCUT2D eigenvalue weighted by atomic mass is 10.2. The number of imidazole rings is 1. The number of carbonyl (C=O) groups excluding carboxylic acids is 2. The maximum atomic E-state index is 12.8. The summed E-state index contributed by atoms with van der Waals surface area (Å²) >= 11 is 0. The Labute approximate surface area is 167 Å². The minimum atomic E-state index is -0.233. The Morgan fingerprint density at radius 3 is 2.55 bits per heavy atom. The first-order valence-corrected chi connectivity index (χ1v) is 9.61. The molecule has 1 aliphatic heterocycles. The normalized spacial score (nSPS) is 12.9. The number of aryl methyl sites for hydroxylation is 2. The van der Waals surface area contributed by atoms with E-state index >= 15 is 0 Å². The van der Waals surface area contributed by atoms with Gasteiger partial charge in [0.15, 0.2) is 6.61 Å². The second-order valence-corrected chi connectivity index (χ2v) is 6.92. The fraction of sp³-hybridized carbons (Fsp3) is 0.286. The Morgan fingerprint density at radius 1 is 1.10 bits per heavy atom. The SMILES string of the molecule is CCCn1c(=O)n(CCC(=O)Nc2ccc3c(c2)NC(=O)CO3)c2ccccc21. The van der Waals surface area contributed by atoms with Crippen LogP contribution in [-0.4, -0.2) is 27.6 Å².